The van der Waals surface area contributed by atoms with Gasteiger partial charge < -0.3 is 10.4 Å². The Morgan fingerprint density at radius 1 is 1.33 bits per heavy atom. The van der Waals surface area contributed by atoms with E-state index in [9.17, 15) is 15.2 Å². The summed E-state index contributed by atoms with van der Waals surface area (Å²) in [6.45, 7) is 2.83. The zero-order valence-corrected chi connectivity index (χ0v) is 12.5. The Morgan fingerprint density at radius 3 is 2.62 bits per heavy atom. The van der Waals surface area contributed by atoms with Crippen molar-refractivity contribution in [3.8, 4) is 0 Å². The van der Waals surface area contributed by atoms with E-state index >= 15 is 0 Å². The van der Waals surface area contributed by atoms with E-state index in [-0.39, 0.29) is 28.7 Å². The molecule has 5 nitrogen and oxygen atoms in total. The molecule has 0 amide bonds. The third-order valence-corrected chi connectivity index (χ3v) is 4.63. The summed E-state index contributed by atoms with van der Waals surface area (Å²) >= 11 is 0. The molecule has 0 bridgehead atoms. The molecule has 116 valence electrons. The smallest absolute Gasteiger partial charge is 0.274 e. The standard InChI is InChI=1S/C16H24N2O3/c1-13(14-7-3-4-8-15(14)18(20)21)17-11-16(12-19)9-5-2-6-10-16/h3-4,7-8,13,17,19H,2,5-6,9-12H2,1H3. The Morgan fingerprint density at radius 2 is 2.00 bits per heavy atom. The molecule has 1 aromatic carbocycles. The molecular formula is C16H24N2O3. The Kier molecular flexibility index (Phi) is 5.31. The molecule has 21 heavy (non-hydrogen) atoms. The average molecular weight is 292 g/mol. The minimum absolute atomic E-state index is 0.0595. The van der Waals surface area contributed by atoms with Gasteiger partial charge in [0.2, 0.25) is 0 Å². The number of aliphatic hydroxyl groups is 1. The minimum atomic E-state index is -0.337. The van der Waals surface area contributed by atoms with Crippen molar-refractivity contribution in [2.45, 2.75) is 45.1 Å². The van der Waals surface area contributed by atoms with Crippen molar-refractivity contribution in [3.63, 3.8) is 0 Å². The molecule has 2 N–H and O–H groups in total. The molecule has 1 fully saturated rings. The summed E-state index contributed by atoms with van der Waals surface area (Å²) in [4.78, 5) is 10.8. The summed E-state index contributed by atoms with van der Waals surface area (Å²) < 4.78 is 0. The van der Waals surface area contributed by atoms with Gasteiger partial charge in [0.05, 0.1) is 4.92 Å². The first-order chi connectivity index (χ1) is 10.1. The van der Waals surface area contributed by atoms with Crippen molar-refractivity contribution in [2.75, 3.05) is 13.2 Å². The fourth-order valence-electron chi connectivity index (χ4n) is 3.19. The van der Waals surface area contributed by atoms with Crippen LogP contribution in [-0.2, 0) is 0 Å². The molecule has 0 aromatic heterocycles. The third-order valence-electron chi connectivity index (χ3n) is 4.63. The van der Waals surface area contributed by atoms with E-state index in [0.29, 0.717) is 12.1 Å². The summed E-state index contributed by atoms with van der Waals surface area (Å²) in [5, 5.41) is 24.2. The highest BCUT2D eigenvalue weighted by atomic mass is 16.6. The zero-order chi connectivity index (χ0) is 15.3. The van der Waals surface area contributed by atoms with E-state index in [1.54, 1.807) is 12.1 Å². The molecule has 1 aliphatic carbocycles. The van der Waals surface area contributed by atoms with E-state index in [0.717, 1.165) is 25.7 Å². The predicted octanol–water partition coefficient (Wildman–Crippen LogP) is 3.19. The second kappa shape index (κ2) is 7.00. The van der Waals surface area contributed by atoms with Crippen LogP contribution in [0.5, 0.6) is 0 Å². The van der Waals surface area contributed by atoms with Gasteiger partial charge in [0.15, 0.2) is 0 Å². The average Bonchev–Trinajstić information content (AvgIpc) is 2.53. The molecule has 0 saturated heterocycles. The van der Waals surface area contributed by atoms with Gasteiger partial charge >= 0.3 is 0 Å². The van der Waals surface area contributed by atoms with Crippen LogP contribution in [0.2, 0.25) is 0 Å². The number of rotatable bonds is 6. The van der Waals surface area contributed by atoms with Gasteiger partial charge in [-0.3, -0.25) is 10.1 Å². The molecule has 5 heteroatoms. The van der Waals surface area contributed by atoms with Crippen LogP contribution in [0.1, 0.15) is 50.6 Å². The van der Waals surface area contributed by atoms with Gasteiger partial charge in [-0.15, -0.1) is 0 Å². The van der Waals surface area contributed by atoms with Gasteiger partial charge in [0.1, 0.15) is 0 Å². The lowest BCUT2D eigenvalue weighted by molar-refractivity contribution is -0.385. The quantitative estimate of drug-likeness (QED) is 0.623. The maximum atomic E-state index is 11.1. The van der Waals surface area contributed by atoms with Gasteiger partial charge in [-0.25, -0.2) is 0 Å². The molecule has 2 rings (SSSR count). The Labute approximate surface area is 125 Å². The molecule has 0 radical (unpaired) electrons. The molecular weight excluding hydrogens is 268 g/mol. The molecule has 1 saturated carbocycles. The van der Waals surface area contributed by atoms with E-state index in [1.165, 1.54) is 12.5 Å². The van der Waals surface area contributed by atoms with Crippen LogP contribution in [-0.4, -0.2) is 23.2 Å². The van der Waals surface area contributed by atoms with Crippen LogP contribution < -0.4 is 5.32 Å². The van der Waals surface area contributed by atoms with Crippen molar-refractivity contribution >= 4 is 5.69 Å². The molecule has 1 atom stereocenters. The molecule has 0 aliphatic heterocycles. The molecule has 1 aliphatic rings. The summed E-state index contributed by atoms with van der Waals surface area (Å²) in [7, 11) is 0. The second-order valence-electron chi connectivity index (χ2n) is 6.14. The predicted molar refractivity (Wildman–Crippen MR) is 82.1 cm³/mol. The van der Waals surface area contributed by atoms with Crippen LogP contribution in [0.15, 0.2) is 24.3 Å². The number of nitrogens with one attached hydrogen (secondary N) is 1. The van der Waals surface area contributed by atoms with E-state index in [1.807, 2.05) is 13.0 Å². The molecule has 1 aromatic rings. The number of hydrogen-bond acceptors (Lipinski definition) is 4. The summed E-state index contributed by atoms with van der Waals surface area (Å²) in [6, 6.07) is 6.74. The number of nitro benzene ring substituents is 1. The zero-order valence-electron chi connectivity index (χ0n) is 12.5. The lowest BCUT2D eigenvalue weighted by atomic mass is 9.74. The lowest BCUT2D eigenvalue weighted by Gasteiger charge is -2.36. The lowest BCUT2D eigenvalue weighted by Crippen LogP contribution is -2.40. The largest absolute Gasteiger partial charge is 0.396 e. The van der Waals surface area contributed by atoms with Crippen molar-refractivity contribution < 1.29 is 10.0 Å². The number of nitro groups is 1. The van der Waals surface area contributed by atoms with E-state index in [4.69, 9.17) is 0 Å². The van der Waals surface area contributed by atoms with Gasteiger partial charge in [-0.05, 0) is 19.8 Å². The summed E-state index contributed by atoms with van der Waals surface area (Å²) in [5.74, 6) is 0. The van der Waals surface area contributed by atoms with Gasteiger partial charge in [0.25, 0.3) is 5.69 Å². The Balaban J connectivity index is 2.04. The Bertz CT molecular complexity index is 484. The number of para-hydroxylation sites is 1. The van der Waals surface area contributed by atoms with Crippen LogP contribution in [0.3, 0.4) is 0 Å². The SMILES string of the molecule is CC(NCC1(CO)CCCCC1)c1ccccc1[N+](=O)[O-]. The maximum Gasteiger partial charge on any atom is 0.274 e. The Hall–Kier alpha value is -1.46. The fraction of sp³-hybridized carbons (Fsp3) is 0.625. The van der Waals surface area contributed by atoms with Crippen LogP contribution in [0, 0.1) is 15.5 Å². The van der Waals surface area contributed by atoms with E-state index in [2.05, 4.69) is 5.32 Å². The minimum Gasteiger partial charge on any atom is -0.396 e. The summed E-state index contributed by atoms with van der Waals surface area (Å²) in [5.41, 5.74) is 0.793. The summed E-state index contributed by atoms with van der Waals surface area (Å²) in [6.07, 6.45) is 5.60. The second-order valence-corrected chi connectivity index (χ2v) is 6.14. The highest BCUT2D eigenvalue weighted by Crippen LogP contribution is 2.36. The first-order valence-corrected chi connectivity index (χ1v) is 7.65. The molecule has 0 spiro atoms. The van der Waals surface area contributed by atoms with Crippen molar-refractivity contribution in [1.29, 1.82) is 0 Å². The normalized spacial score (nSPS) is 19.1. The fourth-order valence-corrected chi connectivity index (χ4v) is 3.19. The maximum absolute atomic E-state index is 11.1. The van der Waals surface area contributed by atoms with Gasteiger partial charge in [-0.1, -0.05) is 37.5 Å². The van der Waals surface area contributed by atoms with Crippen LogP contribution in [0.4, 0.5) is 5.69 Å². The monoisotopic (exact) mass is 292 g/mol. The number of aliphatic hydroxyl groups excluding tert-OH is 1. The molecule has 1 unspecified atom stereocenters. The first kappa shape index (κ1) is 15.9. The van der Waals surface area contributed by atoms with Gasteiger partial charge in [-0.2, -0.15) is 0 Å². The van der Waals surface area contributed by atoms with Crippen molar-refractivity contribution in [1.82, 2.24) is 5.32 Å². The van der Waals surface area contributed by atoms with Crippen molar-refractivity contribution in [3.05, 3.63) is 39.9 Å². The topological polar surface area (TPSA) is 75.4 Å². The van der Waals surface area contributed by atoms with Gasteiger partial charge in [0, 0.05) is 36.2 Å². The number of nitrogens with zero attached hydrogens (tertiary/aromatic N) is 1. The highest BCUT2D eigenvalue weighted by molar-refractivity contribution is 5.41. The highest BCUT2D eigenvalue weighted by Gasteiger charge is 2.32. The first-order valence-electron chi connectivity index (χ1n) is 7.65. The van der Waals surface area contributed by atoms with Crippen LogP contribution in [0.25, 0.3) is 0 Å². The molecule has 0 heterocycles. The number of hydrogen-bond donors (Lipinski definition) is 2. The van der Waals surface area contributed by atoms with Crippen LogP contribution >= 0.6 is 0 Å². The van der Waals surface area contributed by atoms with Crippen molar-refractivity contribution in [2.24, 2.45) is 5.41 Å². The number of benzene rings is 1. The van der Waals surface area contributed by atoms with E-state index < -0.39 is 0 Å². The third kappa shape index (κ3) is 3.80.